The first-order valence-electron chi connectivity index (χ1n) is 9.07. The zero-order valence-electron chi connectivity index (χ0n) is 15.8. The smallest absolute Gasteiger partial charge is 0.312 e. The van der Waals surface area contributed by atoms with Gasteiger partial charge in [-0.3, -0.25) is 10.1 Å². The van der Waals surface area contributed by atoms with E-state index in [0.717, 1.165) is 23.9 Å². The highest BCUT2D eigenvalue weighted by atomic mass is 79.9. The van der Waals surface area contributed by atoms with E-state index in [-0.39, 0.29) is 11.5 Å². The molecule has 30 heavy (non-hydrogen) atoms. The number of nitro benzene ring substituents is 1. The summed E-state index contributed by atoms with van der Waals surface area (Å²) in [4.78, 5) is 14.9. The van der Waals surface area contributed by atoms with Crippen molar-refractivity contribution in [2.45, 2.75) is 19.9 Å². The Morgan fingerprint density at radius 2 is 2.13 bits per heavy atom. The number of nitrogens with one attached hydrogen (secondary N) is 1. The third kappa shape index (κ3) is 3.54. The Morgan fingerprint density at radius 1 is 1.33 bits per heavy atom. The quantitative estimate of drug-likeness (QED) is 0.245. The Kier molecular flexibility index (Phi) is 5.27. The molecule has 2 N–H and O–H groups in total. The standard InChI is InChI=1S/C19H16BrN7O3/c1-2-7-26-14-6-4-3-5-13(14)16-18(26)22-19(25-23-16)24-21-10-11-8-12(20)9-15(17(11)28)27(29)30/h3-6,8-10,28H,2,7H2,1H3,(H,22,24,25)/b21-10+. The van der Waals surface area contributed by atoms with Gasteiger partial charge in [0, 0.05) is 28.0 Å². The van der Waals surface area contributed by atoms with Crippen LogP contribution in [0.2, 0.25) is 0 Å². The maximum Gasteiger partial charge on any atom is 0.312 e. The molecule has 0 aliphatic carbocycles. The lowest BCUT2D eigenvalue weighted by molar-refractivity contribution is -0.385. The molecule has 2 aromatic carbocycles. The molecule has 0 aliphatic heterocycles. The third-order valence-corrected chi connectivity index (χ3v) is 4.93. The fraction of sp³-hybridized carbons (Fsp3) is 0.158. The number of phenols is 1. The van der Waals surface area contributed by atoms with Crippen LogP contribution < -0.4 is 5.43 Å². The Hall–Kier alpha value is -3.60. The molecule has 0 atom stereocenters. The third-order valence-electron chi connectivity index (χ3n) is 4.47. The van der Waals surface area contributed by atoms with Gasteiger partial charge in [0.25, 0.3) is 5.95 Å². The number of fused-ring (bicyclic) bond motifs is 3. The second-order valence-electron chi connectivity index (χ2n) is 6.47. The van der Waals surface area contributed by atoms with Gasteiger partial charge in [-0.15, -0.1) is 10.2 Å². The van der Waals surface area contributed by atoms with Crippen LogP contribution in [0, 0.1) is 10.1 Å². The first-order chi connectivity index (χ1) is 14.5. The molecule has 0 spiro atoms. The monoisotopic (exact) mass is 469 g/mol. The summed E-state index contributed by atoms with van der Waals surface area (Å²) in [5.41, 5.74) is 4.83. The van der Waals surface area contributed by atoms with Gasteiger partial charge in [0.05, 0.1) is 16.7 Å². The van der Waals surface area contributed by atoms with Gasteiger partial charge in [-0.05, 0) is 18.6 Å². The summed E-state index contributed by atoms with van der Waals surface area (Å²) < 4.78 is 2.52. The van der Waals surface area contributed by atoms with Gasteiger partial charge in [0.15, 0.2) is 5.65 Å². The first kappa shape index (κ1) is 19.7. The molecule has 0 saturated carbocycles. The second kappa shape index (κ2) is 8.03. The van der Waals surface area contributed by atoms with Crippen molar-refractivity contribution in [1.82, 2.24) is 19.7 Å². The molecule has 4 aromatic rings. The first-order valence-corrected chi connectivity index (χ1v) is 9.86. The van der Waals surface area contributed by atoms with Crippen LogP contribution in [0.5, 0.6) is 5.75 Å². The number of rotatable bonds is 6. The molecule has 0 unspecified atom stereocenters. The number of anilines is 1. The van der Waals surface area contributed by atoms with Crippen LogP contribution in [0.1, 0.15) is 18.9 Å². The lowest BCUT2D eigenvalue weighted by Gasteiger charge is -2.04. The number of aryl methyl sites for hydroxylation is 1. The Morgan fingerprint density at radius 3 is 2.90 bits per heavy atom. The highest BCUT2D eigenvalue weighted by molar-refractivity contribution is 9.10. The van der Waals surface area contributed by atoms with E-state index in [9.17, 15) is 15.2 Å². The van der Waals surface area contributed by atoms with E-state index in [4.69, 9.17) is 0 Å². The van der Waals surface area contributed by atoms with Gasteiger partial charge in [-0.2, -0.15) is 10.1 Å². The van der Waals surface area contributed by atoms with E-state index < -0.39 is 16.4 Å². The van der Waals surface area contributed by atoms with Gasteiger partial charge in [0.2, 0.25) is 5.75 Å². The largest absolute Gasteiger partial charge is 0.502 e. The number of aromatic hydroxyl groups is 1. The van der Waals surface area contributed by atoms with Crippen molar-refractivity contribution in [2.75, 3.05) is 5.43 Å². The number of hydrogen-bond acceptors (Lipinski definition) is 8. The number of nitro groups is 1. The molecule has 0 fully saturated rings. The number of nitrogens with zero attached hydrogens (tertiary/aromatic N) is 6. The van der Waals surface area contributed by atoms with Crippen LogP contribution in [-0.2, 0) is 6.54 Å². The van der Waals surface area contributed by atoms with E-state index in [1.807, 2.05) is 24.3 Å². The number of phenolic OH excluding ortho intramolecular Hbond substituents is 1. The lowest BCUT2D eigenvalue weighted by atomic mass is 10.2. The van der Waals surface area contributed by atoms with Crippen LogP contribution in [0.3, 0.4) is 0 Å². The van der Waals surface area contributed by atoms with Crippen molar-refractivity contribution in [3.8, 4) is 5.75 Å². The summed E-state index contributed by atoms with van der Waals surface area (Å²) in [6.45, 7) is 2.86. The van der Waals surface area contributed by atoms with Crippen molar-refractivity contribution < 1.29 is 10.0 Å². The summed E-state index contributed by atoms with van der Waals surface area (Å²) in [7, 11) is 0. The SMILES string of the molecule is CCCn1c2ccccc2c2nnc(N/N=C/c3cc(Br)cc([N+](=O)[O-])c3O)nc21. The number of halogens is 1. The highest BCUT2D eigenvalue weighted by Crippen LogP contribution is 2.32. The van der Waals surface area contributed by atoms with Crippen LogP contribution in [-0.4, -0.2) is 36.0 Å². The van der Waals surface area contributed by atoms with Gasteiger partial charge >= 0.3 is 5.69 Å². The average molecular weight is 470 g/mol. The molecular formula is C19H16BrN7O3. The molecule has 11 heteroatoms. The number of aromatic nitrogens is 4. The van der Waals surface area contributed by atoms with E-state index >= 15 is 0 Å². The van der Waals surface area contributed by atoms with Crippen LogP contribution in [0.15, 0.2) is 46.0 Å². The van der Waals surface area contributed by atoms with Gasteiger partial charge in [-0.25, -0.2) is 5.43 Å². The predicted molar refractivity (Wildman–Crippen MR) is 117 cm³/mol. The molecule has 2 heterocycles. The number of hydrogen-bond donors (Lipinski definition) is 2. The predicted octanol–water partition coefficient (Wildman–Crippen LogP) is 4.21. The molecule has 10 nitrogen and oxygen atoms in total. The molecule has 0 amide bonds. The fourth-order valence-electron chi connectivity index (χ4n) is 3.20. The zero-order valence-corrected chi connectivity index (χ0v) is 17.4. The van der Waals surface area contributed by atoms with E-state index in [2.05, 4.69) is 53.1 Å². The summed E-state index contributed by atoms with van der Waals surface area (Å²) in [5.74, 6) is -0.311. The number of para-hydroxylation sites is 1. The van der Waals surface area contributed by atoms with Crippen molar-refractivity contribution in [2.24, 2.45) is 5.10 Å². The average Bonchev–Trinajstić information content (AvgIpc) is 3.04. The second-order valence-corrected chi connectivity index (χ2v) is 7.38. The Labute approximate surface area is 178 Å². The summed E-state index contributed by atoms with van der Waals surface area (Å²) in [6.07, 6.45) is 2.18. The molecule has 4 rings (SSSR count). The van der Waals surface area contributed by atoms with E-state index in [0.29, 0.717) is 15.6 Å². The normalized spacial score (nSPS) is 11.5. The van der Waals surface area contributed by atoms with Crippen molar-refractivity contribution in [3.63, 3.8) is 0 Å². The van der Waals surface area contributed by atoms with Gasteiger partial charge < -0.3 is 9.67 Å². The summed E-state index contributed by atoms with van der Waals surface area (Å²) in [6, 6.07) is 10.6. The molecule has 2 aromatic heterocycles. The maximum absolute atomic E-state index is 11.0. The van der Waals surface area contributed by atoms with E-state index in [1.165, 1.54) is 18.3 Å². The molecule has 0 aliphatic rings. The highest BCUT2D eigenvalue weighted by Gasteiger charge is 2.18. The lowest BCUT2D eigenvalue weighted by Crippen LogP contribution is -2.03. The zero-order chi connectivity index (χ0) is 21.3. The Balaban J connectivity index is 1.68. The van der Waals surface area contributed by atoms with Crippen molar-refractivity contribution >= 4 is 55.8 Å². The molecule has 0 bridgehead atoms. The maximum atomic E-state index is 11.0. The minimum absolute atomic E-state index is 0.165. The number of hydrazone groups is 1. The fourth-order valence-corrected chi connectivity index (χ4v) is 3.67. The molecule has 0 saturated heterocycles. The topological polar surface area (TPSA) is 131 Å². The Bertz CT molecular complexity index is 1300. The minimum atomic E-state index is -0.668. The van der Waals surface area contributed by atoms with Crippen LogP contribution in [0.25, 0.3) is 22.1 Å². The van der Waals surface area contributed by atoms with Gasteiger partial charge in [0.1, 0.15) is 5.52 Å². The summed E-state index contributed by atoms with van der Waals surface area (Å²) in [5, 5.41) is 34.4. The van der Waals surface area contributed by atoms with Crippen LogP contribution >= 0.6 is 15.9 Å². The van der Waals surface area contributed by atoms with Gasteiger partial charge in [-0.1, -0.05) is 41.1 Å². The summed E-state index contributed by atoms with van der Waals surface area (Å²) >= 11 is 3.18. The van der Waals surface area contributed by atoms with Crippen molar-refractivity contribution in [1.29, 1.82) is 0 Å². The molecular weight excluding hydrogens is 454 g/mol. The minimum Gasteiger partial charge on any atom is -0.502 e. The van der Waals surface area contributed by atoms with Crippen LogP contribution in [0.4, 0.5) is 11.6 Å². The number of benzene rings is 2. The molecule has 152 valence electrons. The molecule has 0 radical (unpaired) electrons. The van der Waals surface area contributed by atoms with Crippen molar-refractivity contribution in [3.05, 3.63) is 56.5 Å². The van der Waals surface area contributed by atoms with E-state index in [1.54, 1.807) is 0 Å².